The van der Waals surface area contributed by atoms with Crippen molar-refractivity contribution in [2.24, 2.45) is 4.99 Å². The summed E-state index contributed by atoms with van der Waals surface area (Å²) in [5.41, 5.74) is 2.75. The second-order valence-electron chi connectivity index (χ2n) is 5.26. The molecule has 0 amide bonds. The molecule has 2 aromatic rings. The first kappa shape index (κ1) is 15.8. The third kappa shape index (κ3) is 3.01. The Morgan fingerprint density at radius 2 is 1.88 bits per heavy atom. The molecule has 2 aromatic carbocycles. The van der Waals surface area contributed by atoms with Gasteiger partial charge in [-0.3, -0.25) is 0 Å². The lowest BCUT2D eigenvalue weighted by Crippen LogP contribution is -2.06. The molecule has 0 saturated heterocycles. The summed E-state index contributed by atoms with van der Waals surface area (Å²) in [6.07, 6.45) is 1.64. The van der Waals surface area contributed by atoms with Crippen LogP contribution in [-0.4, -0.2) is 26.1 Å². The Morgan fingerprint density at radius 3 is 2.58 bits per heavy atom. The van der Waals surface area contributed by atoms with Crippen molar-refractivity contribution < 1.29 is 19.0 Å². The molecule has 1 heterocycles. The van der Waals surface area contributed by atoms with Gasteiger partial charge in [0.2, 0.25) is 5.90 Å². The van der Waals surface area contributed by atoms with Gasteiger partial charge < -0.3 is 14.2 Å². The summed E-state index contributed by atoms with van der Waals surface area (Å²) in [6, 6.07) is 13.0. The number of aliphatic imine (C=N–C) groups is 1. The van der Waals surface area contributed by atoms with Gasteiger partial charge >= 0.3 is 5.97 Å². The minimum Gasteiger partial charge on any atom is -0.497 e. The van der Waals surface area contributed by atoms with Gasteiger partial charge in [-0.25, -0.2) is 9.79 Å². The molecule has 1 aliphatic heterocycles. The molecule has 5 heteroatoms. The molecule has 0 fully saturated rings. The van der Waals surface area contributed by atoms with E-state index < -0.39 is 5.97 Å². The summed E-state index contributed by atoms with van der Waals surface area (Å²) < 4.78 is 15.8. The zero-order chi connectivity index (χ0) is 17.1. The average Bonchev–Trinajstić information content (AvgIpc) is 2.96. The van der Waals surface area contributed by atoms with Crippen molar-refractivity contribution in [2.45, 2.75) is 6.92 Å². The van der Waals surface area contributed by atoms with Crippen molar-refractivity contribution in [1.82, 2.24) is 0 Å². The van der Waals surface area contributed by atoms with Crippen LogP contribution in [0.4, 0.5) is 0 Å². The molecule has 3 rings (SSSR count). The van der Waals surface area contributed by atoms with E-state index in [1.54, 1.807) is 38.5 Å². The molecule has 0 aliphatic carbocycles. The Labute approximate surface area is 140 Å². The number of hydrogen-bond donors (Lipinski definition) is 0. The molecule has 122 valence electrons. The lowest BCUT2D eigenvalue weighted by Gasteiger charge is -2.07. The molecular formula is C19H17NO4. The van der Waals surface area contributed by atoms with E-state index in [0.29, 0.717) is 17.4 Å². The maximum Gasteiger partial charge on any atom is 0.363 e. The van der Waals surface area contributed by atoms with Crippen molar-refractivity contribution in [3.05, 3.63) is 64.9 Å². The molecule has 0 atom stereocenters. The fraction of sp³-hybridized carbons (Fsp3) is 0.158. The molecule has 0 unspecified atom stereocenters. The highest BCUT2D eigenvalue weighted by atomic mass is 16.6. The van der Waals surface area contributed by atoms with E-state index in [2.05, 4.69) is 4.99 Å². The van der Waals surface area contributed by atoms with Crippen LogP contribution < -0.4 is 9.47 Å². The van der Waals surface area contributed by atoms with Gasteiger partial charge in [-0.2, -0.15) is 0 Å². The summed E-state index contributed by atoms with van der Waals surface area (Å²) >= 11 is 0. The summed E-state index contributed by atoms with van der Waals surface area (Å²) in [5, 5.41) is 0. The van der Waals surface area contributed by atoms with Crippen LogP contribution in [0.25, 0.3) is 6.08 Å². The molecule has 24 heavy (non-hydrogen) atoms. The van der Waals surface area contributed by atoms with Gasteiger partial charge in [-0.05, 0) is 36.8 Å². The quantitative estimate of drug-likeness (QED) is 0.639. The number of esters is 1. The summed E-state index contributed by atoms with van der Waals surface area (Å²) in [6.45, 7) is 1.94. The Morgan fingerprint density at radius 1 is 1.08 bits per heavy atom. The highest BCUT2D eigenvalue weighted by molar-refractivity contribution is 6.13. The second kappa shape index (κ2) is 6.58. The monoisotopic (exact) mass is 323 g/mol. The van der Waals surface area contributed by atoms with Crippen molar-refractivity contribution in [1.29, 1.82) is 0 Å². The van der Waals surface area contributed by atoms with Crippen molar-refractivity contribution in [3.63, 3.8) is 0 Å². The Kier molecular flexibility index (Phi) is 4.33. The highest BCUT2D eigenvalue weighted by Gasteiger charge is 2.25. The molecule has 1 aliphatic rings. The fourth-order valence-corrected chi connectivity index (χ4v) is 2.42. The molecule has 0 bridgehead atoms. The second-order valence-corrected chi connectivity index (χ2v) is 5.26. The number of methoxy groups -OCH3 is 2. The molecule has 0 spiro atoms. The predicted molar refractivity (Wildman–Crippen MR) is 91.3 cm³/mol. The van der Waals surface area contributed by atoms with Gasteiger partial charge in [-0.1, -0.05) is 18.2 Å². The van der Waals surface area contributed by atoms with Crippen LogP contribution >= 0.6 is 0 Å². The standard InChI is InChI=1S/C19H17NO4/c1-12-6-4-5-7-15(12)18-20-16(19(21)24-18)10-13-8-9-14(22-2)11-17(13)23-3/h4-11H,1-3H3. The van der Waals surface area contributed by atoms with Crippen LogP contribution in [0.3, 0.4) is 0 Å². The number of carbonyl (C=O) groups excluding carboxylic acids is 1. The van der Waals surface area contributed by atoms with E-state index in [9.17, 15) is 4.79 Å². The van der Waals surface area contributed by atoms with Crippen molar-refractivity contribution in [2.75, 3.05) is 14.2 Å². The Bertz CT molecular complexity index is 852. The first-order valence-corrected chi connectivity index (χ1v) is 7.43. The van der Waals surface area contributed by atoms with Gasteiger partial charge in [-0.15, -0.1) is 0 Å². The SMILES string of the molecule is COc1ccc(C=C2N=C(c3ccccc3C)OC2=O)c(OC)c1. The minimum atomic E-state index is -0.480. The van der Waals surface area contributed by atoms with Crippen LogP contribution in [-0.2, 0) is 9.53 Å². The lowest BCUT2D eigenvalue weighted by atomic mass is 10.1. The van der Waals surface area contributed by atoms with Crippen LogP contribution in [0.1, 0.15) is 16.7 Å². The molecule has 0 aromatic heterocycles. The van der Waals surface area contributed by atoms with Crippen LogP contribution in [0.5, 0.6) is 11.5 Å². The minimum absolute atomic E-state index is 0.233. The first-order valence-electron chi connectivity index (χ1n) is 7.43. The van der Waals surface area contributed by atoms with E-state index in [-0.39, 0.29) is 5.70 Å². The van der Waals surface area contributed by atoms with E-state index in [0.717, 1.165) is 16.7 Å². The molecule has 5 nitrogen and oxygen atoms in total. The predicted octanol–water partition coefficient (Wildman–Crippen LogP) is 3.36. The van der Waals surface area contributed by atoms with Gasteiger partial charge in [0.15, 0.2) is 5.70 Å². The number of cyclic esters (lactones) is 1. The molecule has 0 radical (unpaired) electrons. The smallest absolute Gasteiger partial charge is 0.363 e. The van der Waals surface area contributed by atoms with Crippen molar-refractivity contribution >= 4 is 17.9 Å². The molecular weight excluding hydrogens is 306 g/mol. The van der Waals surface area contributed by atoms with E-state index in [4.69, 9.17) is 14.2 Å². The maximum absolute atomic E-state index is 12.1. The highest BCUT2D eigenvalue weighted by Crippen LogP contribution is 2.28. The number of rotatable bonds is 4. The van der Waals surface area contributed by atoms with E-state index >= 15 is 0 Å². The van der Waals surface area contributed by atoms with E-state index in [1.165, 1.54) is 0 Å². The lowest BCUT2D eigenvalue weighted by molar-refractivity contribution is -0.129. The third-order valence-electron chi connectivity index (χ3n) is 3.73. The third-order valence-corrected chi connectivity index (χ3v) is 3.73. The zero-order valence-electron chi connectivity index (χ0n) is 13.7. The summed E-state index contributed by atoms with van der Waals surface area (Å²) in [5.74, 6) is 1.10. The average molecular weight is 323 g/mol. The number of ether oxygens (including phenoxy) is 3. The van der Waals surface area contributed by atoms with Crippen LogP contribution in [0.2, 0.25) is 0 Å². The normalized spacial score (nSPS) is 15.2. The van der Waals surface area contributed by atoms with E-state index in [1.807, 2.05) is 31.2 Å². The molecule has 0 N–H and O–H groups in total. The zero-order valence-corrected chi connectivity index (χ0v) is 13.7. The Balaban J connectivity index is 1.99. The Hall–Kier alpha value is -3.08. The number of hydrogen-bond acceptors (Lipinski definition) is 5. The maximum atomic E-state index is 12.1. The number of carbonyl (C=O) groups is 1. The van der Waals surface area contributed by atoms with Crippen molar-refractivity contribution in [3.8, 4) is 11.5 Å². The summed E-state index contributed by atoms with van der Waals surface area (Å²) in [7, 11) is 3.14. The van der Waals surface area contributed by atoms with Gasteiger partial charge in [0.05, 0.1) is 14.2 Å². The number of aryl methyl sites for hydroxylation is 1. The van der Waals surface area contributed by atoms with Gasteiger partial charge in [0, 0.05) is 17.2 Å². The molecule has 0 saturated carbocycles. The van der Waals surface area contributed by atoms with Crippen LogP contribution in [0.15, 0.2) is 53.2 Å². The fourth-order valence-electron chi connectivity index (χ4n) is 2.42. The first-order chi connectivity index (χ1) is 11.6. The topological polar surface area (TPSA) is 57.1 Å². The number of benzene rings is 2. The van der Waals surface area contributed by atoms with Gasteiger partial charge in [0.25, 0.3) is 0 Å². The largest absolute Gasteiger partial charge is 0.497 e. The van der Waals surface area contributed by atoms with Crippen LogP contribution in [0, 0.1) is 6.92 Å². The van der Waals surface area contributed by atoms with Gasteiger partial charge in [0.1, 0.15) is 11.5 Å². The summed E-state index contributed by atoms with van der Waals surface area (Å²) in [4.78, 5) is 16.5. The number of nitrogens with zero attached hydrogens (tertiary/aromatic N) is 1.